The second-order valence-electron chi connectivity index (χ2n) is 6.58. The van der Waals surface area contributed by atoms with Gasteiger partial charge < -0.3 is 24.8 Å². The van der Waals surface area contributed by atoms with E-state index in [1.807, 2.05) is 6.07 Å². The number of imidazole rings is 1. The average Bonchev–Trinajstić information content (AvgIpc) is 3.28. The number of aliphatic hydroxyl groups is 3. The van der Waals surface area contributed by atoms with E-state index in [1.165, 1.54) is 10.9 Å². The van der Waals surface area contributed by atoms with Crippen LogP contribution in [0.3, 0.4) is 0 Å². The van der Waals surface area contributed by atoms with Crippen molar-refractivity contribution in [2.75, 3.05) is 11.9 Å². The van der Waals surface area contributed by atoms with Crippen LogP contribution in [0.2, 0.25) is 0 Å². The topological polar surface area (TPSA) is 152 Å². The number of aromatic nitrogens is 4. The van der Waals surface area contributed by atoms with Crippen molar-refractivity contribution < 1.29 is 34.0 Å². The molecule has 0 spiro atoms. The smallest absolute Gasteiger partial charge is 0.413 e. The maximum Gasteiger partial charge on any atom is 0.413 e. The van der Waals surface area contributed by atoms with Gasteiger partial charge in [0.2, 0.25) is 0 Å². The van der Waals surface area contributed by atoms with Crippen LogP contribution in [-0.4, -0.2) is 65.9 Å². The highest BCUT2D eigenvalue weighted by atomic mass is 19.1. The van der Waals surface area contributed by atoms with Gasteiger partial charge in [-0.1, -0.05) is 30.3 Å². The number of aliphatic hydroxyl groups excluding tert-OH is 3. The number of carbonyl (C=O) groups excluding carboxylic acids is 1. The number of ether oxygens (including phenoxy) is 2. The zero-order valence-electron chi connectivity index (χ0n) is 15.4. The van der Waals surface area contributed by atoms with Crippen LogP contribution in [0.25, 0.3) is 11.2 Å². The third-order valence-corrected chi connectivity index (χ3v) is 4.62. The van der Waals surface area contributed by atoms with Gasteiger partial charge in [0.15, 0.2) is 23.2 Å². The van der Waals surface area contributed by atoms with Crippen LogP contribution in [0.15, 0.2) is 36.7 Å². The van der Waals surface area contributed by atoms with Gasteiger partial charge in [-0.3, -0.25) is 9.88 Å². The molecular formula is C18H18FN5O6. The lowest BCUT2D eigenvalue weighted by Crippen LogP contribution is -2.33. The van der Waals surface area contributed by atoms with E-state index in [0.29, 0.717) is 0 Å². The van der Waals surface area contributed by atoms with Gasteiger partial charge in [0.1, 0.15) is 24.9 Å². The Morgan fingerprint density at radius 1 is 1.23 bits per heavy atom. The predicted molar refractivity (Wildman–Crippen MR) is 98.5 cm³/mol. The Morgan fingerprint density at radius 2 is 2.00 bits per heavy atom. The molecule has 158 valence electrons. The Morgan fingerprint density at radius 3 is 2.70 bits per heavy atom. The molecule has 0 saturated carbocycles. The quantitative estimate of drug-likeness (QED) is 0.429. The number of nitrogens with zero attached hydrogens (tertiary/aromatic N) is 4. The maximum absolute atomic E-state index is 14.0. The lowest BCUT2D eigenvalue weighted by atomic mass is 10.1. The molecule has 3 aromatic rings. The number of carbonyl (C=O) groups is 1. The van der Waals surface area contributed by atoms with Crippen molar-refractivity contribution in [3.05, 3.63) is 48.3 Å². The van der Waals surface area contributed by atoms with Crippen molar-refractivity contribution in [3.8, 4) is 0 Å². The fourth-order valence-corrected chi connectivity index (χ4v) is 3.13. The van der Waals surface area contributed by atoms with Crippen LogP contribution >= 0.6 is 0 Å². The first-order valence-corrected chi connectivity index (χ1v) is 8.98. The highest BCUT2D eigenvalue weighted by Crippen LogP contribution is 2.32. The van der Waals surface area contributed by atoms with E-state index < -0.39 is 43.3 Å². The molecule has 0 radical (unpaired) electrons. The molecule has 0 aliphatic carbocycles. The van der Waals surface area contributed by atoms with Crippen molar-refractivity contribution in [1.29, 1.82) is 0 Å². The average molecular weight is 419 g/mol. The Labute approximate surface area is 168 Å². The number of halogens is 1. The normalized spacial score (nSPS) is 23.6. The summed E-state index contributed by atoms with van der Waals surface area (Å²) in [5.41, 5.74) is 0.696. The second kappa shape index (κ2) is 8.28. The lowest BCUT2D eigenvalue weighted by molar-refractivity contribution is -0.0511. The summed E-state index contributed by atoms with van der Waals surface area (Å²) in [4.78, 5) is 23.3. The fraction of sp³-hybridized carbons (Fsp3) is 0.333. The Bertz CT molecular complexity index is 1050. The van der Waals surface area contributed by atoms with E-state index in [4.69, 9.17) is 9.47 Å². The van der Waals surface area contributed by atoms with Crippen LogP contribution in [0.5, 0.6) is 0 Å². The van der Waals surface area contributed by atoms with Crippen molar-refractivity contribution >= 4 is 23.1 Å². The summed E-state index contributed by atoms with van der Waals surface area (Å²) >= 11 is 0. The minimum Gasteiger partial charge on any atom is -0.444 e. The first-order valence-electron chi connectivity index (χ1n) is 8.98. The third kappa shape index (κ3) is 3.80. The van der Waals surface area contributed by atoms with E-state index in [1.54, 1.807) is 24.3 Å². The fourth-order valence-electron chi connectivity index (χ4n) is 3.13. The highest BCUT2D eigenvalue weighted by molar-refractivity contribution is 5.93. The zero-order chi connectivity index (χ0) is 21.3. The zero-order valence-corrected chi connectivity index (χ0v) is 15.4. The highest BCUT2D eigenvalue weighted by Gasteiger charge is 2.44. The van der Waals surface area contributed by atoms with Crippen LogP contribution in [0, 0.1) is 6.08 Å². The van der Waals surface area contributed by atoms with Crippen LogP contribution in [0.4, 0.5) is 15.0 Å². The van der Waals surface area contributed by atoms with Gasteiger partial charge >= 0.3 is 12.2 Å². The first-order chi connectivity index (χ1) is 14.5. The molecule has 0 bridgehead atoms. The van der Waals surface area contributed by atoms with Gasteiger partial charge in [-0.25, -0.2) is 9.78 Å². The molecule has 1 aliphatic rings. The van der Waals surface area contributed by atoms with Gasteiger partial charge in [0, 0.05) is 0 Å². The molecule has 1 amide bonds. The summed E-state index contributed by atoms with van der Waals surface area (Å²) in [6.07, 6.45) is -5.80. The van der Waals surface area contributed by atoms with Crippen molar-refractivity contribution in [2.45, 2.75) is 31.1 Å². The van der Waals surface area contributed by atoms with E-state index >= 15 is 0 Å². The minimum absolute atomic E-state index is 0.000363. The predicted octanol–water partition coefficient (Wildman–Crippen LogP) is 0.326. The first kappa shape index (κ1) is 20.1. The van der Waals surface area contributed by atoms with Crippen molar-refractivity contribution in [1.82, 2.24) is 19.5 Å². The van der Waals surface area contributed by atoms with E-state index in [-0.39, 0.29) is 23.6 Å². The van der Waals surface area contributed by atoms with Gasteiger partial charge in [-0.15, -0.1) is 0 Å². The summed E-state index contributed by atoms with van der Waals surface area (Å²) < 4.78 is 25.7. The number of nitrogens with one attached hydrogen (secondary N) is 1. The largest absolute Gasteiger partial charge is 0.444 e. The molecule has 4 N–H and O–H groups in total. The number of fused-ring (bicyclic) bond motifs is 1. The molecule has 2 aromatic heterocycles. The number of rotatable bonds is 5. The molecule has 4 rings (SSSR count). The number of amides is 1. The van der Waals surface area contributed by atoms with Gasteiger partial charge in [-0.05, 0) is 5.56 Å². The molecule has 1 saturated heterocycles. The Kier molecular flexibility index (Phi) is 5.55. The monoisotopic (exact) mass is 419 g/mol. The number of anilines is 1. The molecule has 0 unspecified atom stereocenters. The summed E-state index contributed by atoms with van der Waals surface area (Å²) in [5, 5.41) is 31.7. The van der Waals surface area contributed by atoms with Crippen LogP contribution in [-0.2, 0) is 16.1 Å². The molecular weight excluding hydrogens is 401 g/mol. The number of hydrogen-bond acceptors (Lipinski definition) is 9. The van der Waals surface area contributed by atoms with Crippen molar-refractivity contribution in [2.24, 2.45) is 0 Å². The Hall–Kier alpha value is -3.19. The van der Waals surface area contributed by atoms with Crippen molar-refractivity contribution in [3.63, 3.8) is 0 Å². The molecule has 1 aliphatic heterocycles. The summed E-state index contributed by atoms with van der Waals surface area (Å²) in [6.45, 7) is -0.523. The van der Waals surface area contributed by atoms with E-state index in [2.05, 4.69) is 20.3 Å². The van der Waals surface area contributed by atoms with Crippen LogP contribution in [0.1, 0.15) is 11.8 Å². The number of hydrogen-bond donors (Lipinski definition) is 4. The van der Waals surface area contributed by atoms with Crippen LogP contribution < -0.4 is 5.32 Å². The Balaban J connectivity index is 1.56. The van der Waals surface area contributed by atoms with E-state index in [9.17, 15) is 24.5 Å². The van der Waals surface area contributed by atoms with E-state index in [0.717, 1.165) is 5.56 Å². The summed E-state index contributed by atoms with van der Waals surface area (Å²) in [5.74, 6) is -0.235. The summed E-state index contributed by atoms with van der Waals surface area (Å²) in [7, 11) is 0. The standard InChI is InChI=1S/C18H18FN5O6/c19-17-21-14(22-18(28)29-7-9-4-2-1-3-5-9)11-15(23-17)24(8-20-11)16-13(27)12(26)10(6-25)30-16/h1-5,8,10,12-13,16,25-27H,6-7H2,(H,21,22,23,28)/t10-,12-,13-,16-/m1/s1. The van der Waals surface area contributed by atoms with Gasteiger partial charge in [0.05, 0.1) is 12.9 Å². The third-order valence-electron chi connectivity index (χ3n) is 4.62. The molecule has 11 nitrogen and oxygen atoms in total. The second-order valence-corrected chi connectivity index (χ2v) is 6.58. The molecule has 4 atom stereocenters. The molecule has 1 fully saturated rings. The maximum atomic E-state index is 14.0. The molecule has 1 aromatic carbocycles. The molecule has 12 heteroatoms. The molecule has 3 heterocycles. The van der Waals surface area contributed by atoms with Gasteiger partial charge in [0.25, 0.3) is 0 Å². The SMILES string of the molecule is O=C(Nc1nc(F)nc2c1ncn2[C@@H]1O[C@H](CO)[C@@H](O)[C@H]1O)OCc1ccccc1. The molecule has 30 heavy (non-hydrogen) atoms. The summed E-state index contributed by atoms with van der Waals surface area (Å²) in [6, 6.07) is 8.97. The lowest BCUT2D eigenvalue weighted by Gasteiger charge is -2.16. The minimum atomic E-state index is -1.41. The van der Waals surface area contributed by atoms with Gasteiger partial charge in [-0.2, -0.15) is 14.4 Å². The number of benzene rings is 1.